The summed E-state index contributed by atoms with van der Waals surface area (Å²) in [6.45, 7) is 5.41. The molecule has 0 spiro atoms. The van der Waals surface area contributed by atoms with E-state index in [0.717, 1.165) is 6.54 Å². The van der Waals surface area contributed by atoms with Gasteiger partial charge in [0.1, 0.15) is 6.54 Å². The van der Waals surface area contributed by atoms with E-state index >= 15 is 0 Å². The Morgan fingerprint density at radius 1 is 1.25 bits per heavy atom. The van der Waals surface area contributed by atoms with Gasteiger partial charge in [-0.05, 0) is 38.2 Å². The summed E-state index contributed by atoms with van der Waals surface area (Å²) in [5.74, 6) is 0. The van der Waals surface area contributed by atoms with Crippen molar-refractivity contribution in [1.29, 1.82) is 0 Å². The Bertz CT molecular complexity index is 249. The van der Waals surface area contributed by atoms with Gasteiger partial charge in [-0.15, -0.1) is 0 Å². The first-order chi connectivity index (χ1) is 5.79. The quantitative estimate of drug-likeness (QED) is 0.531. The Kier molecular flexibility index (Phi) is 1.99. The van der Waals surface area contributed by atoms with Gasteiger partial charge < -0.3 is 0 Å². The van der Waals surface area contributed by atoms with Gasteiger partial charge in [0, 0.05) is 12.0 Å². The lowest BCUT2D eigenvalue weighted by Gasteiger charge is -2.10. The molecule has 0 aromatic carbocycles. The molecule has 0 saturated heterocycles. The van der Waals surface area contributed by atoms with Crippen molar-refractivity contribution in [3.05, 3.63) is 11.3 Å². The van der Waals surface area contributed by atoms with E-state index in [1.165, 1.54) is 31.4 Å². The van der Waals surface area contributed by atoms with Crippen LogP contribution in [0.2, 0.25) is 0 Å². The molecule has 12 heavy (non-hydrogen) atoms. The molecule has 2 aliphatic rings. The molecule has 0 bridgehead atoms. The fourth-order valence-electron chi connectivity index (χ4n) is 2.12. The molecule has 2 nitrogen and oxygen atoms in total. The van der Waals surface area contributed by atoms with Crippen LogP contribution in [0.25, 0.3) is 0 Å². The highest BCUT2D eigenvalue weighted by atomic mass is 15.3. The van der Waals surface area contributed by atoms with E-state index in [9.17, 15) is 0 Å². The summed E-state index contributed by atoms with van der Waals surface area (Å²) in [5.41, 5.74) is 3.14. The van der Waals surface area contributed by atoms with Gasteiger partial charge >= 0.3 is 0 Å². The van der Waals surface area contributed by atoms with Crippen molar-refractivity contribution in [3.8, 4) is 0 Å². The topological polar surface area (TPSA) is 15.4 Å². The Balaban J connectivity index is 2.23. The first kappa shape index (κ1) is 7.96. The van der Waals surface area contributed by atoms with E-state index in [2.05, 4.69) is 23.7 Å². The number of allylic oxidation sites excluding steroid dienone is 1. The zero-order valence-corrected chi connectivity index (χ0v) is 8.01. The van der Waals surface area contributed by atoms with Gasteiger partial charge in [0.2, 0.25) is 5.70 Å². The molecule has 1 aliphatic heterocycles. The minimum absolute atomic E-state index is 0.551. The summed E-state index contributed by atoms with van der Waals surface area (Å²) >= 11 is 0. The van der Waals surface area contributed by atoms with Gasteiger partial charge in [0.15, 0.2) is 6.04 Å². The molecule has 0 saturated carbocycles. The van der Waals surface area contributed by atoms with Gasteiger partial charge in [0.05, 0.1) is 0 Å². The molecule has 1 heterocycles. The second-order valence-electron chi connectivity index (χ2n) is 4.00. The second-order valence-corrected chi connectivity index (χ2v) is 4.00. The summed E-state index contributed by atoms with van der Waals surface area (Å²) in [6.07, 6.45) is 5.29. The van der Waals surface area contributed by atoms with Crippen LogP contribution in [-0.2, 0) is 0 Å². The molecule has 2 heteroatoms. The molecule has 0 amide bonds. The number of hydrogen-bond donors (Lipinski definition) is 0. The van der Waals surface area contributed by atoms with E-state index in [-0.39, 0.29) is 0 Å². The predicted octanol–water partition coefficient (Wildman–Crippen LogP) is 2.70. The molecule has 2 rings (SSSR count). The van der Waals surface area contributed by atoms with E-state index in [0.29, 0.717) is 6.04 Å². The van der Waals surface area contributed by atoms with E-state index in [1.807, 2.05) is 0 Å². The predicted molar refractivity (Wildman–Crippen MR) is 48.2 cm³/mol. The molecular weight excluding hydrogens is 148 g/mol. The standard InChI is InChI=1S/C10H17N2/c1-8(2)12-10-6-4-3-5-9(10)7-11-12/h8H,3-7H2,1-2H3/q+1. The smallest absolute Gasteiger partial charge is 0.0908 e. The van der Waals surface area contributed by atoms with Crippen molar-refractivity contribution in [1.82, 2.24) is 0 Å². The van der Waals surface area contributed by atoms with Crippen molar-refractivity contribution < 1.29 is 4.70 Å². The van der Waals surface area contributed by atoms with Crippen LogP contribution in [0.5, 0.6) is 0 Å². The maximum atomic E-state index is 4.54. The highest BCUT2D eigenvalue weighted by Gasteiger charge is 2.31. The van der Waals surface area contributed by atoms with Crippen LogP contribution in [0.1, 0.15) is 39.5 Å². The van der Waals surface area contributed by atoms with Crippen LogP contribution in [0.3, 0.4) is 0 Å². The summed E-state index contributed by atoms with van der Waals surface area (Å²) in [7, 11) is 0. The second kappa shape index (κ2) is 3.00. The molecule has 0 atom stereocenters. The zero-order chi connectivity index (χ0) is 8.55. The van der Waals surface area contributed by atoms with Gasteiger partial charge in [-0.25, -0.2) is 0 Å². The Hall–Kier alpha value is -0.660. The molecule has 0 radical (unpaired) electrons. The number of rotatable bonds is 1. The molecule has 66 valence electrons. The number of azo groups is 2. The van der Waals surface area contributed by atoms with Gasteiger partial charge in [-0.2, -0.15) is 0 Å². The lowest BCUT2D eigenvalue weighted by Crippen LogP contribution is -2.17. The molecule has 0 unspecified atom stereocenters. The van der Waals surface area contributed by atoms with Crippen LogP contribution in [-0.4, -0.2) is 17.3 Å². The molecule has 0 fully saturated rings. The summed E-state index contributed by atoms with van der Waals surface area (Å²) < 4.78 is 2.23. The minimum Gasteiger partial charge on any atom is -0.0908 e. The summed E-state index contributed by atoms with van der Waals surface area (Å²) in [5, 5.41) is 4.54. The summed E-state index contributed by atoms with van der Waals surface area (Å²) in [6, 6.07) is 0.551. The van der Waals surface area contributed by atoms with E-state index in [4.69, 9.17) is 0 Å². The van der Waals surface area contributed by atoms with Gasteiger partial charge in [0.25, 0.3) is 0 Å². The molecule has 1 aliphatic carbocycles. The Morgan fingerprint density at radius 3 is 2.75 bits per heavy atom. The third-order valence-corrected chi connectivity index (χ3v) is 2.73. The normalized spacial score (nSPS) is 23.1. The largest absolute Gasteiger partial charge is 0.209 e. The first-order valence-electron chi connectivity index (χ1n) is 4.96. The van der Waals surface area contributed by atoms with Crippen LogP contribution in [0.4, 0.5) is 0 Å². The first-order valence-corrected chi connectivity index (χ1v) is 4.96. The van der Waals surface area contributed by atoms with E-state index < -0.39 is 0 Å². The molecule has 0 N–H and O–H groups in total. The van der Waals surface area contributed by atoms with Crippen molar-refractivity contribution >= 4 is 0 Å². The monoisotopic (exact) mass is 165 g/mol. The number of hydrogen-bond acceptors (Lipinski definition) is 1. The van der Waals surface area contributed by atoms with Crippen LogP contribution >= 0.6 is 0 Å². The fourth-order valence-corrected chi connectivity index (χ4v) is 2.12. The lowest BCUT2D eigenvalue weighted by atomic mass is 9.97. The van der Waals surface area contributed by atoms with Crippen molar-refractivity contribution in [2.75, 3.05) is 6.54 Å². The van der Waals surface area contributed by atoms with Crippen LogP contribution in [0.15, 0.2) is 16.4 Å². The zero-order valence-electron chi connectivity index (χ0n) is 8.01. The maximum absolute atomic E-state index is 4.54. The average Bonchev–Trinajstić information content (AvgIpc) is 2.47. The highest BCUT2D eigenvalue weighted by molar-refractivity contribution is 5.14. The van der Waals surface area contributed by atoms with Crippen molar-refractivity contribution in [2.45, 2.75) is 45.6 Å². The van der Waals surface area contributed by atoms with Crippen molar-refractivity contribution in [3.63, 3.8) is 0 Å². The minimum atomic E-state index is 0.551. The number of nitrogens with zero attached hydrogens (tertiary/aromatic N) is 2. The highest BCUT2D eigenvalue weighted by Crippen LogP contribution is 2.30. The lowest BCUT2D eigenvalue weighted by molar-refractivity contribution is -0.574. The molecular formula is C10H17N2+. The van der Waals surface area contributed by atoms with Crippen LogP contribution in [0, 0.1) is 0 Å². The van der Waals surface area contributed by atoms with Crippen molar-refractivity contribution in [2.24, 2.45) is 5.11 Å². The third-order valence-electron chi connectivity index (χ3n) is 2.73. The third kappa shape index (κ3) is 1.19. The Morgan fingerprint density at radius 2 is 2.00 bits per heavy atom. The Labute approximate surface area is 74.0 Å². The molecule has 0 aromatic rings. The van der Waals surface area contributed by atoms with Gasteiger partial charge in [-0.1, -0.05) is 4.70 Å². The SMILES string of the molecule is CC(C)[N+]1=NCC2=C1CCCC2. The fraction of sp³-hybridized carbons (Fsp3) is 0.800. The maximum Gasteiger partial charge on any atom is 0.209 e. The van der Waals surface area contributed by atoms with E-state index in [1.54, 1.807) is 5.57 Å². The van der Waals surface area contributed by atoms with Crippen LogP contribution < -0.4 is 0 Å². The average molecular weight is 165 g/mol. The molecule has 0 aromatic heterocycles. The summed E-state index contributed by atoms with van der Waals surface area (Å²) in [4.78, 5) is 0. The van der Waals surface area contributed by atoms with Gasteiger partial charge in [-0.3, -0.25) is 0 Å².